The molecular weight excluding hydrogens is 230 g/mol. The van der Waals surface area contributed by atoms with E-state index in [0.717, 1.165) is 29.8 Å². The van der Waals surface area contributed by atoms with Crippen molar-refractivity contribution in [2.75, 3.05) is 0 Å². The lowest BCUT2D eigenvalue weighted by molar-refractivity contribution is 0.126. The normalized spacial score (nSPS) is 39.5. The molecule has 0 spiro atoms. The second-order valence-corrected chi connectivity index (χ2v) is 8.56. The molecule has 1 nitrogen and oxygen atoms in total. The molecule has 112 valence electrons. The molecule has 0 saturated heterocycles. The van der Waals surface area contributed by atoms with Crippen molar-refractivity contribution in [3.05, 3.63) is 0 Å². The van der Waals surface area contributed by atoms with Gasteiger partial charge in [0, 0.05) is 12.1 Å². The van der Waals surface area contributed by atoms with Crippen molar-refractivity contribution in [1.29, 1.82) is 0 Å². The van der Waals surface area contributed by atoms with Gasteiger partial charge >= 0.3 is 0 Å². The number of rotatable bonds is 3. The lowest BCUT2D eigenvalue weighted by atomic mass is 9.71. The van der Waals surface area contributed by atoms with Crippen molar-refractivity contribution in [1.82, 2.24) is 5.32 Å². The molecule has 0 aliphatic heterocycles. The van der Waals surface area contributed by atoms with Crippen molar-refractivity contribution in [2.45, 2.75) is 91.6 Å². The van der Waals surface area contributed by atoms with Crippen LogP contribution in [0.3, 0.4) is 0 Å². The molecule has 2 rings (SSSR count). The van der Waals surface area contributed by atoms with Crippen LogP contribution in [-0.2, 0) is 0 Å². The van der Waals surface area contributed by atoms with Gasteiger partial charge in [-0.25, -0.2) is 0 Å². The molecule has 1 heteroatoms. The van der Waals surface area contributed by atoms with E-state index < -0.39 is 0 Å². The average molecular weight is 265 g/mol. The molecule has 0 heterocycles. The van der Waals surface area contributed by atoms with E-state index in [1.807, 2.05) is 0 Å². The first kappa shape index (κ1) is 15.4. The van der Waals surface area contributed by atoms with Crippen LogP contribution < -0.4 is 5.32 Å². The van der Waals surface area contributed by atoms with Gasteiger partial charge in [-0.15, -0.1) is 0 Å². The zero-order chi connectivity index (χ0) is 14.0. The van der Waals surface area contributed by atoms with Crippen LogP contribution in [0, 0.1) is 23.2 Å². The fourth-order valence-electron chi connectivity index (χ4n) is 4.54. The van der Waals surface area contributed by atoms with Crippen molar-refractivity contribution in [3.8, 4) is 0 Å². The molecule has 2 saturated carbocycles. The Hall–Kier alpha value is -0.0400. The quantitative estimate of drug-likeness (QED) is 0.756. The topological polar surface area (TPSA) is 12.0 Å². The molecule has 2 aliphatic rings. The van der Waals surface area contributed by atoms with E-state index in [9.17, 15) is 0 Å². The van der Waals surface area contributed by atoms with Gasteiger partial charge < -0.3 is 5.32 Å². The Morgan fingerprint density at radius 1 is 1.11 bits per heavy atom. The van der Waals surface area contributed by atoms with E-state index in [2.05, 4.69) is 39.9 Å². The van der Waals surface area contributed by atoms with E-state index in [0.29, 0.717) is 5.41 Å². The highest BCUT2D eigenvalue weighted by Gasteiger charge is 2.34. The van der Waals surface area contributed by atoms with Crippen molar-refractivity contribution >= 4 is 0 Å². The average Bonchev–Trinajstić information content (AvgIpc) is 2.27. The maximum absolute atomic E-state index is 4.08. The first-order chi connectivity index (χ1) is 8.87. The molecule has 0 aromatic heterocycles. The Balaban J connectivity index is 1.94. The highest BCUT2D eigenvalue weighted by atomic mass is 15.0. The van der Waals surface area contributed by atoms with Gasteiger partial charge in [-0.1, -0.05) is 47.5 Å². The highest BCUT2D eigenvalue weighted by Crippen LogP contribution is 2.38. The minimum absolute atomic E-state index is 0.559. The smallest absolute Gasteiger partial charge is 0.0103 e. The summed E-state index contributed by atoms with van der Waals surface area (Å²) >= 11 is 0. The SMILES string of the molecule is CC1CCC(C(C)C)C(NC2CCCC(C)(C)C2)C1. The van der Waals surface area contributed by atoms with E-state index in [-0.39, 0.29) is 0 Å². The van der Waals surface area contributed by atoms with Gasteiger partial charge in [0.1, 0.15) is 0 Å². The minimum Gasteiger partial charge on any atom is -0.311 e. The van der Waals surface area contributed by atoms with Gasteiger partial charge in [-0.3, -0.25) is 0 Å². The number of hydrogen-bond donors (Lipinski definition) is 1. The van der Waals surface area contributed by atoms with Crippen molar-refractivity contribution < 1.29 is 0 Å². The van der Waals surface area contributed by atoms with E-state index in [1.165, 1.54) is 44.9 Å². The highest BCUT2D eigenvalue weighted by molar-refractivity contribution is 4.91. The Kier molecular flexibility index (Phi) is 4.98. The zero-order valence-electron chi connectivity index (χ0n) is 13.8. The molecule has 2 aliphatic carbocycles. The van der Waals surface area contributed by atoms with Crippen LogP contribution >= 0.6 is 0 Å². The molecule has 0 aromatic carbocycles. The molecular formula is C18H35N. The molecule has 0 bridgehead atoms. The summed E-state index contributed by atoms with van der Waals surface area (Å²) in [6.07, 6.45) is 9.89. The number of nitrogens with one attached hydrogen (secondary N) is 1. The monoisotopic (exact) mass is 265 g/mol. The summed E-state index contributed by atoms with van der Waals surface area (Å²) in [6, 6.07) is 1.56. The summed E-state index contributed by atoms with van der Waals surface area (Å²) in [5, 5.41) is 4.08. The molecule has 2 fully saturated rings. The molecule has 0 radical (unpaired) electrons. The van der Waals surface area contributed by atoms with Gasteiger partial charge in [0.05, 0.1) is 0 Å². The van der Waals surface area contributed by atoms with Crippen LogP contribution in [0.15, 0.2) is 0 Å². The fraction of sp³-hybridized carbons (Fsp3) is 1.00. The third-order valence-corrected chi connectivity index (χ3v) is 5.68. The second kappa shape index (κ2) is 6.16. The van der Waals surface area contributed by atoms with Crippen LogP contribution in [0.4, 0.5) is 0 Å². The molecule has 19 heavy (non-hydrogen) atoms. The van der Waals surface area contributed by atoms with E-state index in [4.69, 9.17) is 0 Å². The largest absolute Gasteiger partial charge is 0.311 e. The second-order valence-electron chi connectivity index (χ2n) is 8.56. The third-order valence-electron chi connectivity index (χ3n) is 5.68. The van der Waals surface area contributed by atoms with Crippen molar-refractivity contribution in [3.63, 3.8) is 0 Å². The maximum atomic E-state index is 4.08. The first-order valence-corrected chi connectivity index (χ1v) is 8.63. The summed E-state index contributed by atoms with van der Waals surface area (Å²) in [5.41, 5.74) is 0.559. The number of hydrogen-bond acceptors (Lipinski definition) is 1. The predicted octanol–water partition coefficient (Wildman–Crippen LogP) is 5.01. The molecule has 4 unspecified atom stereocenters. The van der Waals surface area contributed by atoms with Crippen LogP contribution in [0.1, 0.15) is 79.6 Å². The Bertz CT molecular complexity index is 281. The van der Waals surface area contributed by atoms with Gasteiger partial charge in [-0.05, 0) is 55.3 Å². The summed E-state index contributed by atoms with van der Waals surface area (Å²) in [4.78, 5) is 0. The van der Waals surface area contributed by atoms with Crippen LogP contribution in [0.5, 0.6) is 0 Å². The zero-order valence-corrected chi connectivity index (χ0v) is 13.8. The summed E-state index contributed by atoms with van der Waals surface area (Å²) in [7, 11) is 0. The third kappa shape index (κ3) is 4.21. The summed E-state index contributed by atoms with van der Waals surface area (Å²) in [5.74, 6) is 2.66. The lowest BCUT2D eigenvalue weighted by Crippen LogP contribution is -2.49. The standard InChI is InChI=1S/C18H35N/c1-13(2)16-9-8-14(3)11-17(16)19-15-7-6-10-18(4,5)12-15/h13-17,19H,6-12H2,1-5H3. The molecule has 1 N–H and O–H groups in total. The Morgan fingerprint density at radius 2 is 1.84 bits per heavy atom. The molecule has 0 amide bonds. The Morgan fingerprint density at radius 3 is 2.47 bits per heavy atom. The van der Waals surface area contributed by atoms with Gasteiger partial charge in [0.2, 0.25) is 0 Å². The van der Waals surface area contributed by atoms with Crippen LogP contribution in [-0.4, -0.2) is 12.1 Å². The van der Waals surface area contributed by atoms with Crippen LogP contribution in [0.2, 0.25) is 0 Å². The lowest BCUT2D eigenvalue weighted by Gasteiger charge is -2.43. The molecule has 4 atom stereocenters. The minimum atomic E-state index is 0.559. The van der Waals surface area contributed by atoms with Gasteiger partial charge in [0.15, 0.2) is 0 Å². The van der Waals surface area contributed by atoms with Crippen molar-refractivity contribution in [2.24, 2.45) is 23.2 Å². The van der Waals surface area contributed by atoms with E-state index >= 15 is 0 Å². The molecule has 0 aromatic rings. The fourth-order valence-corrected chi connectivity index (χ4v) is 4.54. The van der Waals surface area contributed by atoms with Crippen LogP contribution in [0.25, 0.3) is 0 Å². The van der Waals surface area contributed by atoms with Gasteiger partial charge in [-0.2, -0.15) is 0 Å². The van der Waals surface area contributed by atoms with Gasteiger partial charge in [0.25, 0.3) is 0 Å². The predicted molar refractivity (Wildman–Crippen MR) is 84.3 cm³/mol. The maximum Gasteiger partial charge on any atom is 0.0103 e. The first-order valence-electron chi connectivity index (χ1n) is 8.63. The Labute approximate surface area is 120 Å². The van der Waals surface area contributed by atoms with E-state index in [1.54, 1.807) is 0 Å². The summed E-state index contributed by atoms with van der Waals surface area (Å²) < 4.78 is 0. The summed E-state index contributed by atoms with van der Waals surface area (Å²) in [6.45, 7) is 12.2.